The molecule has 0 bridgehead atoms. The summed E-state index contributed by atoms with van der Waals surface area (Å²) in [6.45, 7) is 3.76. The van der Waals surface area contributed by atoms with E-state index in [0.29, 0.717) is 22.6 Å². The van der Waals surface area contributed by atoms with Gasteiger partial charge in [-0.3, -0.25) is 4.79 Å². The number of nitrogens with zero attached hydrogens (tertiary/aromatic N) is 1. The topological polar surface area (TPSA) is 41.6 Å². The van der Waals surface area contributed by atoms with Crippen LogP contribution in [0, 0.1) is 11.8 Å². The van der Waals surface area contributed by atoms with Crippen molar-refractivity contribution >= 4 is 17.5 Å². The van der Waals surface area contributed by atoms with Crippen LogP contribution in [0.4, 0.5) is 0 Å². The molecule has 2 heterocycles. The predicted octanol–water partition coefficient (Wildman–Crippen LogP) is 3.92. The second-order valence-electron chi connectivity index (χ2n) is 7.44. The van der Waals surface area contributed by atoms with E-state index < -0.39 is 6.10 Å². The first kappa shape index (κ1) is 18.3. The Morgan fingerprint density at radius 1 is 1.00 bits per heavy atom. The Kier molecular flexibility index (Phi) is 5.65. The van der Waals surface area contributed by atoms with E-state index in [-0.39, 0.29) is 5.91 Å². The van der Waals surface area contributed by atoms with Gasteiger partial charge in [0.25, 0.3) is 5.91 Å². The van der Waals surface area contributed by atoms with Gasteiger partial charge in [-0.05, 0) is 62.0 Å². The van der Waals surface area contributed by atoms with Crippen LogP contribution >= 0.6 is 11.6 Å². The summed E-state index contributed by atoms with van der Waals surface area (Å²) in [5.74, 6) is 2.08. The molecule has 5 heteroatoms. The number of ether oxygens (including phenoxy) is 1. The number of fused-ring (bicyclic) bond motifs is 1. The zero-order valence-electron chi connectivity index (χ0n) is 15.3. The summed E-state index contributed by atoms with van der Waals surface area (Å²) >= 11 is 5.98. The number of benzene rings is 2. The Morgan fingerprint density at radius 2 is 1.63 bits per heavy atom. The molecule has 0 spiro atoms. The lowest BCUT2D eigenvalue weighted by molar-refractivity contribution is -0.139. The van der Waals surface area contributed by atoms with Crippen molar-refractivity contribution in [1.82, 2.24) is 10.2 Å². The van der Waals surface area contributed by atoms with Crippen LogP contribution < -0.4 is 10.1 Å². The zero-order chi connectivity index (χ0) is 18.6. The summed E-state index contributed by atoms with van der Waals surface area (Å²) in [6, 6.07) is 16.9. The van der Waals surface area contributed by atoms with E-state index in [2.05, 4.69) is 5.32 Å². The number of hydrogen-bond donors (Lipinski definition) is 1. The highest BCUT2D eigenvalue weighted by atomic mass is 35.5. The molecule has 1 N–H and O–H groups in total. The minimum atomic E-state index is -0.636. The molecule has 2 aliphatic heterocycles. The molecule has 3 atom stereocenters. The molecule has 1 amide bonds. The normalized spacial score (nSPS) is 23.4. The molecule has 4 nitrogen and oxygen atoms in total. The van der Waals surface area contributed by atoms with E-state index in [1.807, 2.05) is 47.4 Å². The average molecular weight is 385 g/mol. The number of amides is 1. The first-order valence-electron chi connectivity index (χ1n) is 9.67. The van der Waals surface area contributed by atoms with Crippen LogP contribution in [0.1, 0.15) is 24.5 Å². The van der Waals surface area contributed by atoms with Crippen molar-refractivity contribution in [2.24, 2.45) is 11.8 Å². The van der Waals surface area contributed by atoms with Crippen LogP contribution in [-0.4, -0.2) is 37.0 Å². The van der Waals surface area contributed by atoms with Crippen molar-refractivity contribution in [3.63, 3.8) is 0 Å². The van der Waals surface area contributed by atoms with Gasteiger partial charge in [0.05, 0.1) is 0 Å². The molecule has 2 saturated heterocycles. The lowest BCUT2D eigenvalue weighted by Crippen LogP contribution is -2.38. The number of carbonyl (C=O) groups excluding carboxylic acids is 1. The molecule has 0 aliphatic carbocycles. The Labute approximate surface area is 165 Å². The lowest BCUT2D eigenvalue weighted by Gasteiger charge is -2.27. The lowest BCUT2D eigenvalue weighted by atomic mass is 9.92. The third kappa shape index (κ3) is 4.28. The summed E-state index contributed by atoms with van der Waals surface area (Å²) < 4.78 is 6.14. The number of likely N-dealkylation sites (tertiary alicyclic amines) is 1. The summed E-state index contributed by atoms with van der Waals surface area (Å²) in [7, 11) is 0. The fourth-order valence-corrected chi connectivity index (χ4v) is 4.27. The number of carbonyl (C=O) groups is 1. The van der Waals surface area contributed by atoms with E-state index in [9.17, 15) is 4.79 Å². The Bertz CT molecular complexity index is 752. The molecule has 1 unspecified atom stereocenters. The van der Waals surface area contributed by atoms with Crippen LogP contribution in [0.25, 0.3) is 0 Å². The van der Waals surface area contributed by atoms with Gasteiger partial charge in [0, 0.05) is 23.7 Å². The van der Waals surface area contributed by atoms with Gasteiger partial charge < -0.3 is 15.0 Å². The van der Waals surface area contributed by atoms with Crippen LogP contribution in [0.5, 0.6) is 5.75 Å². The highest BCUT2D eigenvalue weighted by Crippen LogP contribution is 2.30. The number of nitrogens with one attached hydrogen (secondary N) is 1. The quantitative estimate of drug-likeness (QED) is 0.868. The number of rotatable bonds is 4. The van der Waals surface area contributed by atoms with E-state index in [1.54, 1.807) is 12.1 Å². The minimum Gasteiger partial charge on any atom is -0.476 e. The highest BCUT2D eigenvalue weighted by Gasteiger charge is 2.34. The molecular formula is C22H25ClN2O2. The van der Waals surface area contributed by atoms with Crippen molar-refractivity contribution in [3.8, 4) is 5.75 Å². The van der Waals surface area contributed by atoms with Gasteiger partial charge >= 0.3 is 0 Å². The molecule has 4 rings (SSSR count). The van der Waals surface area contributed by atoms with E-state index >= 15 is 0 Å². The van der Waals surface area contributed by atoms with E-state index in [0.717, 1.165) is 44.6 Å². The van der Waals surface area contributed by atoms with Gasteiger partial charge in [-0.1, -0.05) is 41.9 Å². The molecule has 0 saturated carbocycles. The minimum absolute atomic E-state index is 0.0454. The van der Waals surface area contributed by atoms with E-state index in [4.69, 9.17) is 16.3 Å². The fraction of sp³-hybridized carbons (Fsp3) is 0.409. The van der Waals surface area contributed by atoms with Crippen molar-refractivity contribution in [2.75, 3.05) is 26.2 Å². The second-order valence-corrected chi connectivity index (χ2v) is 7.88. The van der Waals surface area contributed by atoms with Gasteiger partial charge in [0.15, 0.2) is 0 Å². The third-order valence-corrected chi connectivity index (χ3v) is 5.98. The van der Waals surface area contributed by atoms with Crippen molar-refractivity contribution in [1.29, 1.82) is 0 Å². The second kappa shape index (κ2) is 8.32. The van der Waals surface area contributed by atoms with Gasteiger partial charge in [-0.25, -0.2) is 0 Å². The zero-order valence-corrected chi connectivity index (χ0v) is 16.1. The SMILES string of the molecule is O=C(C(Oc1ccc(Cl)cc1)c1ccccc1)N1CC[C@@H]2CNC[C@@H]2CC1. The highest BCUT2D eigenvalue weighted by molar-refractivity contribution is 6.30. The number of hydrogen-bond acceptors (Lipinski definition) is 3. The standard InChI is InChI=1S/C22H25ClN2O2/c23-19-6-8-20(9-7-19)27-21(16-4-2-1-3-5-16)22(26)25-12-10-17-14-24-15-18(17)11-13-25/h1-9,17-18,21,24H,10-15H2/t17-,18+,21?. The van der Waals surface area contributed by atoms with Crippen molar-refractivity contribution in [3.05, 3.63) is 65.2 Å². The average Bonchev–Trinajstić information content (AvgIpc) is 3.06. The monoisotopic (exact) mass is 384 g/mol. The maximum absolute atomic E-state index is 13.4. The van der Waals surface area contributed by atoms with Crippen LogP contribution in [0.2, 0.25) is 5.02 Å². The van der Waals surface area contributed by atoms with Crippen LogP contribution in [-0.2, 0) is 4.79 Å². The van der Waals surface area contributed by atoms with Crippen molar-refractivity contribution in [2.45, 2.75) is 18.9 Å². The number of halogens is 1. The Morgan fingerprint density at radius 3 is 2.26 bits per heavy atom. The van der Waals surface area contributed by atoms with Gasteiger partial charge in [-0.15, -0.1) is 0 Å². The predicted molar refractivity (Wildman–Crippen MR) is 107 cm³/mol. The summed E-state index contributed by atoms with van der Waals surface area (Å²) in [6.07, 6.45) is 1.49. The van der Waals surface area contributed by atoms with Crippen LogP contribution in [0.15, 0.2) is 54.6 Å². The Balaban J connectivity index is 1.54. The Hall–Kier alpha value is -2.04. The molecule has 2 aromatic carbocycles. The van der Waals surface area contributed by atoms with Crippen LogP contribution in [0.3, 0.4) is 0 Å². The maximum atomic E-state index is 13.4. The van der Waals surface area contributed by atoms with Gasteiger partial charge in [0.2, 0.25) is 6.10 Å². The summed E-state index contributed by atoms with van der Waals surface area (Å²) in [5.41, 5.74) is 0.878. The first-order chi connectivity index (χ1) is 13.2. The van der Waals surface area contributed by atoms with Gasteiger partial charge in [-0.2, -0.15) is 0 Å². The first-order valence-corrected chi connectivity index (χ1v) is 10.0. The molecule has 27 heavy (non-hydrogen) atoms. The molecule has 2 fully saturated rings. The summed E-state index contributed by atoms with van der Waals surface area (Å²) in [5, 5.41) is 4.13. The molecule has 0 aromatic heterocycles. The molecular weight excluding hydrogens is 360 g/mol. The molecule has 0 radical (unpaired) electrons. The van der Waals surface area contributed by atoms with Crippen molar-refractivity contribution < 1.29 is 9.53 Å². The maximum Gasteiger partial charge on any atom is 0.268 e. The molecule has 2 aliphatic rings. The van der Waals surface area contributed by atoms with E-state index in [1.165, 1.54) is 0 Å². The summed E-state index contributed by atoms with van der Waals surface area (Å²) in [4.78, 5) is 15.4. The molecule has 2 aromatic rings. The smallest absolute Gasteiger partial charge is 0.268 e. The largest absolute Gasteiger partial charge is 0.476 e. The van der Waals surface area contributed by atoms with Gasteiger partial charge in [0.1, 0.15) is 5.75 Å². The fourth-order valence-electron chi connectivity index (χ4n) is 4.14. The molecule has 142 valence electrons. The third-order valence-electron chi connectivity index (χ3n) is 5.73.